The van der Waals surface area contributed by atoms with Crippen molar-refractivity contribution < 1.29 is 14.3 Å². The summed E-state index contributed by atoms with van der Waals surface area (Å²) >= 11 is 0. The zero-order valence-electron chi connectivity index (χ0n) is 16.0. The van der Waals surface area contributed by atoms with Crippen LogP contribution in [-0.2, 0) is 4.74 Å². The van der Waals surface area contributed by atoms with Gasteiger partial charge in [0.05, 0.1) is 19.5 Å². The molecule has 3 aliphatic rings. The molecule has 1 aromatic heterocycles. The number of nitrogens with zero attached hydrogens (tertiary/aromatic N) is 5. The number of aromatic nitrogens is 2. The van der Waals surface area contributed by atoms with Gasteiger partial charge in [0.25, 0.3) is 0 Å². The van der Waals surface area contributed by atoms with Gasteiger partial charge >= 0.3 is 6.09 Å². The van der Waals surface area contributed by atoms with E-state index >= 15 is 0 Å². The molecule has 0 N–H and O–H groups in total. The summed E-state index contributed by atoms with van der Waals surface area (Å²) < 4.78 is 10.9. The number of anilines is 1. The predicted octanol–water partition coefficient (Wildman–Crippen LogP) is 1.76. The molecule has 0 unspecified atom stereocenters. The molecule has 1 saturated carbocycles. The van der Waals surface area contributed by atoms with E-state index in [1.165, 1.54) is 19.3 Å². The molecule has 1 aromatic rings. The lowest BCUT2D eigenvalue weighted by atomic mass is 9.91. The molecule has 0 spiro atoms. The maximum absolute atomic E-state index is 12.5. The van der Waals surface area contributed by atoms with Crippen LogP contribution in [0.2, 0.25) is 0 Å². The average molecular weight is 375 g/mol. The van der Waals surface area contributed by atoms with E-state index in [2.05, 4.69) is 19.8 Å². The minimum absolute atomic E-state index is 0.0167. The van der Waals surface area contributed by atoms with Crippen LogP contribution in [0.1, 0.15) is 32.1 Å². The summed E-state index contributed by atoms with van der Waals surface area (Å²) in [4.78, 5) is 27.6. The standard InChI is InChI=1S/C19H29N5O3/c1-26-18-14-20-13-17(21-18)23-7-5-16(6-8-23)27-19(25)24-11-9-22(10-12-24)15-3-2-4-15/h13-16H,2-12H2,1H3. The summed E-state index contributed by atoms with van der Waals surface area (Å²) in [6.45, 7) is 5.13. The minimum Gasteiger partial charge on any atom is -0.480 e. The van der Waals surface area contributed by atoms with Gasteiger partial charge in [-0.3, -0.25) is 9.88 Å². The Morgan fingerprint density at radius 3 is 2.41 bits per heavy atom. The molecule has 0 bridgehead atoms. The first-order valence-electron chi connectivity index (χ1n) is 10.0. The highest BCUT2D eigenvalue weighted by molar-refractivity contribution is 5.68. The number of carbonyl (C=O) groups excluding carboxylic acids is 1. The SMILES string of the molecule is COc1cncc(N2CCC(OC(=O)N3CCN(C4CCC4)CC3)CC2)n1. The first kappa shape index (κ1) is 18.3. The second-order valence-corrected chi connectivity index (χ2v) is 7.60. The molecule has 27 heavy (non-hydrogen) atoms. The lowest BCUT2D eigenvalue weighted by Crippen LogP contribution is -2.54. The molecule has 0 aromatic carbocycles. The molecule has 148 valence electrons. The Morgan fingerprint density at radius 1 is 1.04 bits per heavy atom. The number of rotatable bonds is 4. The van der Waals surface area contributed by atoms with E-state index in [0.717, 1.165) is 64.0 Å². The van der Waals surface area contributed by atoms with Gasteiger partial charge in [-0.05, 0) is 12.8 Å². The number of carbonyl (C=O) groups is 1. The number of ether oxygens (including phenoxy) is 2. The van der Waals surface area contributed by atoms with Crippen molar-refractivity contribution in [2.45, 2.75) is 44.2 Å². The van der Waals surface area contributed by atoms with Crippen molar-refractivity contribution in [2.24, 2.45) is 0 Å². The van der Waals surface area contributed by atoms with Crippen LogP contribution in [-0.4, -0.2) is 84.4 Å². The summed E-state index contributed by atoms with van der Waals surface area (Å²) in [6.07, 6.45) is 8.80. The van der Waals surface area contributed by atoms with Crippen molar-refractivity contribution in [1.29, 1.82) is 0 Å². The molecule has 3 heterocycles. The van der Waals surface area contributed by atoms with E-state index in [4.69, 9.17) is 9.47 Å². The van der Waals surface area contributed by atoms with Gasteiger partial charge in [0.2, 0.25) is 5.88 Å². The Kier molecular flexibility index (Phi) is 5.61. The average Bonchev–Trinajstić information content (AvgIpc) is 2.68. The van der Waals surface area contributed by atoms with Gasteiger partial charge < -0.3 is 19.3 Å². The van der Waals surface area contributed by atoms with Crippen molar-refractivity contribution in [2.75, 3.05) is 51.3 Å². The topological polar surface area (TPSA) is 71.0 Å². The maximum Gasteiger partial charge on any atom is 0.410 e. The Morgan fingerprint density at radius 2 is 1.78 bits per heavy atom. The molecule has 1 aliphatic carbocycles. The van der Waals surface area contributed by atoms with E-state index < -0.39 is 0 Å². The first-order valence-corrected chi connectivity index (χ1v) is 10.0. The quantitative estimate of drug-likeness (QED) is 0.794. The Hall–Kier alpha value is -2.09. The highest BCUT2D eigenvalue weighted by atomic mass is 16.6. The van der Waals surface area contributed by atoms with Gasteiger partial charge in [-0.15, -0.1) is 0 Å². The lowest BCUT2D eigenvalue weighted by molar-refractivity contribution is 0.0230. The Balaban J connectivity index is 1.21. The zero-order valence-corrected chi connectivity index (χ0v) is 16.0. The molecule has 2 saturated heterocycles. The number of methoxy groups -OCH3 is 1. The molecule has 2 aliphatic heterocycles. The van der Waals surface area contributed by atoms with Gasteiger partial charge in [0.1, 0.15) is 6.10 Å². The Labute approximate surface area is 160 Å². The largest absolute Gasteiger partial charge is 0.480 e. The second-order valence-electron chi connectivity index (χ2n) is 7.60. The number of amides is 1. The molecule has 8 nitrogen and oxygen atoms in total. The van der Waals surface area contributed by atoms with Crippen LogP contribution in [0.15, 0.2) is 12.4 Å². The molecule has 0 radical (unpaired) electrons. The van der Waals surface area contributed by atoms with Crippen molar-refractivity contribution in [3.63, 3.8) is 0 Å². The fourth-order valence-corrected chi connectivity index (χ4v) is 4.03. The van der Waals surface area contributed by atoms with Crippen molar-refractivity contribution in [3.8, 4) is 5.88 Å². The van der Waals surface area contributed by atoms with Crippen LogP contribution in [0.5, 0.6) is 5.88 Å². The molecular weight excluding hydrogens is 346 g/mol. The van der Waals surface area contributed by atoms with Crippen LogP contribution >= 0.6 is 0 Å². The van der Waals surface area contributed by atoms with E-state index in [9.17, 15) is 4.79 Å². The fraction of sp³-hybridized carbons (Fsp3) is 0.737. The van der Waals surface area contributed by atoms with Gasteiger partial charge in [-0.1, -0.05) is 6.42 Å². The van der Waals surface area contributed by atoms with E-state index in [-0.39, 0.29) is 12.2 Å². The van der Waals surface area contributed by atoms with E-state index in [0.29, 0.717) is 5.88 Å². The monoisotopic (exact) mass is 375 g/mol. The summed E-state index contributed by atoms with van der Waals surface area (Å²) in [5, 5.41) is 0. The van der Waals surface area contributed by atoms with Gasteiger partial charge in [-0.25, -0.2) is 4.79 Å². The fourth-order valence-electron chi connectivity index (χ4n) is 4.03. The van der Waals surface area contributed by atoms with E-state index in [1.54, 1.807) is 19.5 Å². The molecule has 0 atom stereocenters. The Bertz CT molecular complexity index is 638. The third kappa shape index (κ3) is 4.26. The van der Waals surface area contributed by atoms with E-state index in [1.807, 2.05) is 4.90 Å². The molecule has 8 heteroatoms. The highest BCUT2D eigenvalue weighted by Crippen LogP contribution is 2.26. The van der Waals surface area contributed by atoms with Crippen LogP contribution in [0, 0.1) is 0 Å². The zero-order chi connectivity index (χ0) is 18.6. The third-order valence-corrected chi connectivity index (χ3v) is 6.01. The number of piperazine rings is 1. The number of hydrogen-bond acceptors (Lipinski definition) is 7. The molecule has 1 amide bonds. The van der Waals surface area contributed by atoms with Crippen molar-refractivity contribution in [3.05, 3.63) is 12.4 Å². The molecule has 3 fully saturated rings. The summed E-state index contributed by atoms with van der Waals surface area (Å²) in [5.41, 5.74) is 0. The molecule has 4 rings (SSSR count). The van der Waals surface area contributed by atoms with Crippen molar-refractivity contribution >= 4 is 11.9 Å². The van der Waals surface area contributed by atoms with Crippen molar-refractivity contribution in [1.82, 2.24) is 19.8 Å². The van der Waals surface area contributed by atoms with Crippen LogP contribution in [0.3, 0.4) is 0 Å². The summed E-state index contributed by atoms with van der Waals surface area (Å²) in [7, 11) is 1.59. The third-order valence-electron chi connectivity index (χ3n) is 6.01. The first-order chi connectivity index (χ1) is 13.2. The smallest absolute Gasteiger partial charge is 0.410 e. The number of hydrogen-bond donors (Lipinski definition) is 0. The van der Waals surface area contributed by atoms with Gasteiger partial charge in [0.15, 0.2) is 5.82 Å². The highest BCUT2D eigenvalue weighted by Gasteiger charge is 2.31. The predicted molar refractivity (Wildman–Crippen MR) is 101 cm³/mol. The molecular formula is C19H29N5O3. The number of piperidine rings is 1. The maximum atomic E-state index is 12.5. The van der Waals surface area contributed by atoms with Gasteiger partial charge in [0, 0.05) is 58.2 Å². The van der Waals surface area contributed by atoms with Gasteiger partial charge in [-0.2, -0.15) is 4.98 Å². The lowest BCUT2D eigenvalue weighted by Gasteiger charge is -2.43. The van der Waals surface area contributed by atoms with Crippen LogP contribution in [0.4, 0.5) is 10.6 Å². The normalized spacial score (nSPS) is 22.4. The second kappa shape index (κ2) is 8.29. The minimum atomic E-state index is -0.150. The summed E-state index contributed by atoms with van der Waals surface area (Å²) in [6, 6.07) is 0.757. The van der Waals surface area contributed by atoms with Crippen LogP contribution < -0.4 is 9.64 Å². The summed E-state index contributed by atoms with van der Waals surface area (Å²) in [5.74, 6) is 1.33. The van der Waals surface area contributed by atoms with Crippen LogP contribution in [0.25, 0.3) is 0 Å².